The molecule has 0 bridgehead atoms. The van der Waals surface area contributed by atoms with E-state index in [4.69, 9.17) is 16.3 Å². The van der Waals surface area contributed by atoms with Gasteiger partial charge in [-0.15, -0.1) is 0 Å². The first-order valence-electron chi connectivity index (χ1n) is 8.32. The van der Waals surface area contributed by atoms with Gasteiger partial charge in [0.1, 0.15) is 5.75 Å². The van der Waals surface area contributed by atoms with Crippen LogP contribution in [0.25, 0.3) is 0 Å². The van der Waals surface area contributed by atoms with Crippen LogP contribution in [0.3, 0.4) is 0 Å². The van der Waals surface area contributed by atoms with Crippen LogP contribution < -0.4 is 10.1 Å². The molecule has 1 N–H and O–H groups in total. The van der Waals surface area contributed by atoms with Gasteiger partial charge in [0.2, 0.25) is 5.91 Å². The van der Waals surface area contributed by atoms with Crippen molar-refractivity contribution in [3.05, 3.63) is 58.6 Å². The van der Waals surface area contributed by atoms with E-state index in [9.17, 15) is 9.59 Å². The quantitative estimate of drug-likeness (QED) is 0.780. The average Bonchev–Trinajstić information content (AvgIpc) is 3.44. The molecule has 0 aliphatic heterocycles. The minimum Gasteiger partial charge on any atom is -0.482 e. The highest BCUT2D eigenvalue weighted by Crippen LogP contribution is 2.49. The Balaban J connectivity index is 1.69. The van der Waals surface area contributed by atoms with Gasteiger partial charge < -0.3 is 14.8 Å². The molecule has 1 aliphatic carbocycles. The highest BCUT2D eigenvalue weighted by atomic mass is 35.5. The molecular formula is C20H20ClNO4. The van der Waals surface area contributed by atoms with Gasteiger partial charge in [0.25, 0.3) is 0 Å². The van der Waals surface area contributed by atoms with Gasteiger partial charge in [-0.3, -0.25) is 4.79 Å². The number of amides is 1. The maximum atomic E-state index is 12.8. The molecular weight excluding hydrogens is 354 g/mol. The number of rotatable bonds is 6. The summed E-state index contributed by atoms with van der Waals surface area (Å²) in [6, 6.07) is 12.7. The lowest BCUT2D eigenvalue weighted by molar-refractivity contribution is -0.142. The molecule has 0 unspecified atom stereocenters. The van der Waals surface area contributed by atoms with Crippen LogP contribution in [-0.2, 0) is 19.7 Å². The molecule has 5 nitrogen and oxygen atoms in total. The van der Waals surface area contributed by atoms with Gasteiger partial charge in [-0.25, -0.2) is 4.79 Å². The van der Waals surface area contributed by atoms with Gasteiger partial charge in [-0.1, -0.05) is 23.7 Å². The molecule has 1 aliphatic rings. The second-order valence-corrected chi connectivity index (χ2v) is 6.82. The van der Waals surface area contributed by atoms with Crippen molar-refractivity contribution in [2.75, 3.05) is 19.0 Å². The third-order valence-electron chi connectivity index (χ3n) is 4.61. The summed E-state index contributed by atoms with van der Waals surface area (Å²) >= 11 is 5.94. The molecule has 2 aromatic rings. The normalized spacial score (nSPS) is 14.4. The van der Waals surface area contributed by atoms with E-state index < -0.39 is 11.4 Å². The van der Waals surface area contributed by atoms with Crippen LogP contribution in [0.5, 0.6) is 5.75 Å². The van der Waals surface area contributed by atoms with Crippen molar-refractivity contribution in [2.24, 2.45) is 0 Å². The molecule has 0 aromatic heterocycles. The van der Waals surface area contributed by atoms with Crippen molar-refractivity contribution in [2.45, 2.75) is 25.2 Å². The largest absolute Gasteiger partial charge is 0.482 e. The lowest BCUT2D eigenvalue weighted by atomic mass is 9.95. The van der Waals surface area contributed by atoms with Gasteiger partial charge >= 0.3 is 5.97 Å². The number of methoxy groups -OCH3 is 1. The first-order chi connectivity index (χ1) is 12.4. The molecule has 0 saturated heterocycles. The van der Waals surface area contributed by atoms with Crippen LogP contribution in [-0.4, -0.2) is 25.6 Å². The van der Waals surface area contributed by atoms with E-state index in [2.05, 4.69) is 10.1 Å². The molecule has 0 spiro atoms. The molecule has 1 fully saturated rings. The summed E-state index contributed by atoms with van der Waals surface area (Å²) in [5.41, 5.74) is 2.08. The standard InChI is InChI=1S/C20H20ClNO4/c1-13-11-16(26-12-18(23)25-2)7-8-17(13)22-19(24)20(9-10-20)14-3-5-15(21)6-4-14/h3-8,11H,9-10,12H2,1-2H3,(H,22,24). The summed E-state index contributed by atoms with van der Waals surface area (Å²) in [6.07, 6.45) is 1.64. The summed E-state index contributed by atoms with van der Waals surface area (Å²) in [6.45, 7) is 1.73. The summed E-state index contributed by atoms with van der Waals surface area (Å²) in [4.78, 5) is 24.0. The van der Waals surface area contributed by atoms with E-state index in [1.807, 2.05) is 31.2 Å². The SMILES string of the molecule is COC(=O)COc1ccc(NC(=O)C2(c3ccc(Cl)cc3)CC2)c(C)c1. The maximum absolute atomic E-state index is 12.8. The third-order valence-corrected chi connectivity index (χ3v) is 4.86. The monoisotopic (exact) mass is 373 g/mol. The predicted octanol–water partition coefficient (Wildman–Crippen LogP) is 3.87. The van der Waals surface area contributed by atoms with E-state index in [1.165, 1.54) is 7.11 Å². The summed E-state index contributed by atoms with van der Waals surface area (Å²) in [5, 5.41) is 3.67. The lowest BCUT2D eigenvalue weighted by Gasteiger charge is -2.17. The Morgan fingerprint density at radius 2 is 1.85 bits per heavy atom. The predicted molar refractivity (Wildman–Crippen MR) is 99.7 cm³/mol. The zero-order chi connectivity index (χ0) is 18.7. The molecule has 1 saturated carbocycles. The first-order valence-corrected chi connectivity index (χ1v) is 8.70. The number of halogens is 1. The number of hydrogen-bond acceptors (Lipinski definition) is 4. The second kappa shape index (κ2) is 7.38. The topological polar surface area (TPSA) is 64.6 Å². The van der Waals surface area contributed by atoms with Crippen LogP contribution in [0.1, 0.15) is 24.0 Å². The summed E-state index contributed by atoms with van der Waals surface area (Å²) in [5.74, 6) is 0.0783. The molecule has 0 radical (unpaired) electrons. The van der Waals surface area contributed by atoms with Crippen molar-refractivity contribution >= 4 is 29.2 Å². The highest BCUT2D eigenvalue weighted by Gasteiger charge is 2.51. The van der Waals surface area contributed by atoms with Crippen LogP contribution in [0, 0.1) is 6.92 Å². The number of benzene rings is 2. The highest BCUT2D eigenvalue weighted by molar-refractivity contribution is 6.30. The zero-order valence-electron chi connectivity index (χ0n) is 14.7. The zero-order valence-corrected chi connectivity index (χ0v) is 15.4. The molecule has 3 rings (SSSR count). The van der Waals surface area contributed by atoms with Gasteiger partial charge in [0.15, 0.2) is 6.61 Å². The van der Waals surface area contributed by atoms with E-state index in [0.29, 0.717) is 10.8 Å². The molecule has 2 aromatic carbocycles. The number of hydrogen-bond donors (Lipinski definition) is 1. The van der Waals surface area contributed by atoms with Crippen LogP contribution in [0.15, 0.2) is 42.5 Å². The van der Waals surface area contributed by atoms with Crippen LogP contribution in [0.2, 0.25) is 5.02 Å². The van der Waals surface area contributed by atoms with E-state index >= 15 is 0 Å². The fourth-order valence-corrected chi connectivity index (χ4v) is 2.98. The Kier molecular flexibility index (Phi) is 5.18. The van der Waals surface area contributed by atoms with Crippen molar-refractivity contribution < 1.29 is 19.1 Å². The Bertz CT molecular complexity index is 828. The molecule has 136 valence electrons. The van der Waals surface area contributed by atoms with Crippen LogP contribution in [0.4, 0.5) is 5.69 Å². The fraction of sp³-hybridized carbons (Fsp3) is 0.300. The second-order valence-electron chi connectivity index (χ2n) is 6.38. The molecule has 1 amide bonds. The summed E-state index contributed by atoms with van der Waals surface area (Å²) in [7, 11) is 1.31. The molecule has 6 heteroatoms. The van der Waals surface area contributed by atoms with E-state index in [1.54, 1.807) is 18.2 Å². The number of ether oxygens (including phenoxy) is 2. The Morgan fingerprint density at radius 3 is 2.42 bits per heavy atom. The van der Waals surface area contributed by atoms with Gasteiger partial charge in [0, 0.05) is 10.7 Å². The van der Waals surface area contributed by atoms with E-state index in [0.717, 1.165) is 29.7 Å². The molecule has 0 atom stereocenters. The average molecular weight is 374 g/mol. The Labute approximate surface area is 157 Å². The van der Waals surface area contributed by atoms with Crippen LogP contribution >= 0.6 is 11.6 Å². The minimum absolute atomic E-state index is 0.0221. The van der Waals surface area contributed by atoms with Crippen molar-refractivity contribution in [1.82, 2.24) is 0 Å². The number of nitrogens with one attached hydrogen (secondary N) is 1. The lowest BCUT2D eigenvalue weighted by Crippen LogP contribution is -2.28. The van der Waals surface area contributed by atoms with E-state index in [-0.39, 0.29) is 12.5 Å². The molecule has 0 heterocycles. The van der Waals surface area contributed by atoms with Crippen molar-refractivity contribution in [1.29, 1.82) is 0 Å². The maximum Gasteiger partial charge on any atom is 0.343 e. The molecule has 26 heavy (non-hydrogen) atoms. The minimum atomic E-state index is -0.475. The van der Waals surface area contributed by atoms with Gasteiger partial charge in [-0.2, -0.15) is 0 Å². The van der Waals surface area contributed by atoms with Crippen molar-refractivity contribution in [3.63, 3.8) is 0 Å². The summed E-state index contributed by atoms with van der Waals surface area (Å²) < 4.78 is 9.90. The number of carbonyl (C=O) groups is 2. The Morgan fingerprint density at radius 1 is 1.15 bits per heavy atom. The number of anilines is 1. The fourth-order valence-electron chi connectivity index (χ4n) is 2.85. The van der Waals surface area contributed by atoms with Gasteiger partial charge in [-0.05, 0) is 61.2 Å². The number of esters is 1. The number of aryl methyl sites for hydroxylation is 1. The third kappa shape index (κ3) is 3.83. The van der Waals surface area contributed by atoms with Crippen molar-refractivity contribution in [3.8, 4) is 5.75 Å². The number of carbonyl (C=O) groups excluding carboxylic acids is 2. The Hall–Kier alpha value is -2.53. The smallest absolute Gasteiger partial charge is 0.343 e. The van der Waals surface area contributed by atoms with Gasteiger partial charge in [0.05, 0.1) is 12.5 Å². The first kappa shape index (κ1) is 18.3.